The number of hydrogen-bond donors (Lipinski definition) is 2. The molecule has 0 aromatic heterocycles. The van der Waals surface area contributed by atoms with Gasteiger partial charge in [-0.05, 0) is 122 Å². The van der Waals surface area contributed by atoms with E-state index < -0.39 is 32.5 Å². The highest BCUT2D eigenvalue weighted by Gasteiger charge is 2.26. The maximum atomic E-state index is 12.6. The van der Waals surface area contributed by atoms with Gasteiger partial charge in [-0.3, -0.25) is 18.6 Å². The fourth-order valence-corrected chi connectivity index (χ4v) is 7.12. The van der Waals surface area contributed by atoms with Crippen molar-refractivity contribution in [2.75, 3.05) is 26.4 Å². The number of phosphoric acid groups is 1. The van der Waals surface area contributed by atoms with Gasteiger partial charge in [0.15, 0.2) is 6.10 Å². The minimum absolute atomic E-state index is 0.0307. The predicted octanol–water partition coefficient (Wildman–Crippen LogP) is 17.3. The van der Waals surface area contributed by atoms with Crippen molar-refractivity contribution in [2.24, 2.45) is 5.73 Å². The van der Waals surface area contributed by atoms with Crippen molar-refractivity contribution in [1.29, 1.82) is 0 Å². The number of unbranched alkanes of at least 4 members (excludes halogenated alkanes) is 5. The Kier molecular flexibility index (Phi) is 52.6. The highest BCUT2D eigenvalue weighted by molar-refractivity contribution is 7.47. The molecule has 0 fully saturated rings. The summed E-state index contributed by atoms with van der Waals surface area (Å²) >= 11 is 0. The van der Waals surface area contributed by atoms with Gasteiger partial charge >= 0.3 is 19.8 Å². The molecule has 2 atom stereocenters. The van der Waals surface area contributed by atoms with Crippen molar-refractivity contribution in [3.8, 4) is 0 Å². The SMILES string of the molecule is CC/C=C\C/C=C\C/C=C\C/C=C\C/C=C\C/C=C\C/C=C\C/C=C\C/C=C\C/C=C\C/C=C\CCCCCCCC(=O)OC(COC(=O)CC/C=C\C/C=C\C/C=C\C/C=C\CC)COP(=O)(O)OCCN. The van der Waals surface area contributed by atoms with Gasteiger partial charge in [-0.25, -0.2) is 4.57 Å². The van der Waals surface area contributed by atoms with Gasteiger partial charge in [0.1, 0.15) is 6.61 Å². The molecule has 0 heterocycles. The molecular formula is C63H96NO8P. The van der Waals surface area contributed by atoms with Crippen LogP contribution in [0.15, 0.2) is 182 Å². The Labute approximate surface area is 443 Å². The van der Waals surface area contributed by atoms with Crippen LogP contribution in [0.4, 0.5) is 0 Å². The van der Waals surface area contributed by atoms with Gasteiger partial charge in [-0.2, -0.15) is 0 Å². The lowest BCUT2D eigenvalue weighted by Gasteiger charge is -2.19. The number of carbonyl (C=O) groups is 2. The smallest absolute Gasteiger partial charge is 0.462 e. The fourth-order valence-electron chi connectivity index (χ4n) is 6.36. The molecule has 0 saturated heterocycles. The van der Waals surface area contributed by atoms with Crippen LogP contribution in [-0.4, -0.2) is 49.3 Å². The van der Waals surface area contributed by atoms with E-state index in [1.807, 2.05) is 12.2 Å². The van der Waals surface area contributed by atoms with Gasteiger partial charge < -0.3 is 20.1 Å². The van der Waals surface area contributed by atoms with Crippen molar-refractivity contribution in [3.63, 3.8) is 0 Å². The second kappa shape index (κ2) is 56.4. The van der Waals surface area contributed by atoms with Crippen molar-refractivity contribution in [2.45, 2.75) is 174 Å². The zero-order valence-corrected chi connectivity index (χ0v) is 45.9. The molecule has 0 aromatic carbocycles. The molecular weight excluding hydrogens is 930 g/mol. The molecule has 9 nitrogen and oxygen atoms in total. The van der Waals surface area contributed by atoms with E-state index in [-0.39, 0.29) is 32.6 Å². The molecule has 0 aliphatic carbocycles. The van der Waals surface area contributed by atoms with E-state index in [0.29, 0.717) is 12.8 Å². The molecule has 0 aromatic rings. The van der Waals surface area contributed by atoms with Crippen LogP contribution < -0.4 is 5.73 Å². The molecule has 0 bridgehead atoms. The summed E-state index contributed by atoms with van der Waals surface area (Å²) < 4.78 is 32.8. The van der Waals surface area contributed by atoms with E-state index in [9.17, 15) is 19.0 Å². The maximum Gasteiger partial charge on any atom is 0.472 e. The van der Waals surface area contributed by atoms with Gasteiger partial charge in [-0.1, -0.05) is 215 Å². The molecule has 0 aliphatic rings. The third-order valence-electron chi connectivity index (χ3n) is 10.3. The second-order valence-corrected chi connectivity index (χ2v) is 18.4. The Hall–Kier alpha value is -4.89. The highest BCUT2D eigenvalue weighted by atomic mass is 31.2. The quantitative estimate of drug-likeness (QED) is 0.0264. The van der Waals surface area contributed by atoms with Crippen LogP contribution in [0.3, 0.4) is 0 Å². The first-order valence-corrected chi connectivity index (χ1v) is 28.8. The summed E-state index contributed by atoms with van der Waals surface area (Å²) in [4.78, 5) is 35.0. The van der Waals surface area contributed by atoms with E-state index in [1.165, 1.54) is 0 Å². The van der Waals surface area contributed by atoms with Crippen LogP contribution in [0.1, 0.15) is 168 Å². The van der Waals surface area contributed by atoms with Gasteiger partial charge in [0.2, 0.25) is 0 Å². The maximum absolute atomic E-state index is 12.6. The number of nitrogens with two attached hydrogens (primary N) is 1. The van der Waals surface area contributed by atoms with Crippen molar-refractivity contribution in [1.82, 2.24) is 0 Å². The molecule has 0 amide bonds. The third-order valence-corrected chi connectivity index (χ3v) is 11.3. The van der Waals surface area contributed by atoms with Crippen LogP contribution in [0.2, 0.25) is 0 Å². The minimum Gasteiger partial charge on any atom is -0.462 e. The molecule has 0 spiro atoms. The Bertz CT molecular complexity index is 1840. The standard InChI is InChI=1S/C63H96NO8P/c1-3-5-7-9-11-13-15-17-18-19-20-21-22-23-24-25-26-27-28-29-30-31-32-33-34-35-36-37-38-39-40-41-42-44-46-48-50-52-54-56-63(66)72-61(60-71-73(67,68)70-58-57-64)59-69-62(65)55-53-51-49-47-45-43-16-14-12-10-8-6-4-2/h5-8,11-14,17-18,20-21,23-24,26-27,29-30,32-33,35-36,38-39,41-43,45,49,51,61H,3-4,9-10,15-16,19,22,25,28,31,34,37,40,44,46-48,50,52-60,64H2,1-2H3,(H,67,68)/b7-5-,8-6-,13-11-,14-12-,18-17-,21-20-,24-23-,27-26-,30-29-,33-32-,36-35-,39-38-,42-41-,45-43-,51-49-. The van der Waals surface area contributed by atoms with E-state index in [0.717, 1.165) is 128 Å². The van der Waals surface area contributed by atoms with Crippen LogP contribution in [0.25, 0.3) is 0 Å². The first-order valence-electron chi connectivity index (χ1n) is 27.3. The van der Waals surface area contributed by atoms with Crippen LogP contribution in [-0.2, 0) is 32.7 Å². The number of carbonyl (C=O) groups excluding carboxylic acids is 2. The summed E-state index contributed by atoms with van der Waals surface area (Å²) in [7, 11) is -4.42. The lowest BCUT2D eigenvalue weighted by Crippen LogP contribution is -2.29. The van der Waals surface area contributed by atoms with Gasteiger partial charge in [0.05, 0.1) is 13.2 Å². The van der Waals surface area contributed by atoms with E-state index in [2.05, 4.69) is 184 Å². The molecule has 10 heteroatoms. The molecule has 0 aliphatic heterocycles. The van der Waals surface area contributed by atoms with Crippen molar-refractivity contribution >= 4 is 19.8 Å². The number of ether oxygens (including phenoxy) is 2. The van der Waals surface area contributed by atoms with Gasteiger partial charge in [0, 0.05) is 19.4 Å². The van der Waals surface area contributed by atoms with Crippen LogP contribution >= 0.6 is 7.82 Å². The number of hydrogen-bond acceptors (Lipinski definition) is 8. The summed E-state index contributed by atoms with van der Waals surface area (Å²) in [5.74, 6) is -0.965. The molecule has 2 unspecified atom stereocenters. The normalized spacial score (nSPS) is 14.5. The molecule has 3 N–H and O–H groups in total. The number of phosphoric ester groups is 1. The average Bonchev–Trinajstić information content (AvgIpc) is 3.38. The largest absolute Gasteiger partial charge is 0.472 e. The summed E-state index contributed by atoms with van der Waals surface area (Å²) in [6.07, 6.45) is 85.4. The lowest BCUT2D eigenvalue weighted by molar-refractivity contribution is -0.161. The summed E-state index contributed by atoms with van der Waals surface area (Å²) in [6.45, 7) is 3.35. The van der Waals surface area contributed by atoms with Crippen molar-refractivity contribution < 1.29 is 37.6 Å². The van der Waals surface area contributed by atoms with E-state index in [1.54, 1.807) is 0 Å². The Morgan fingerprint density at radius 1 is 0.411 bits per heavy atom. The number of rotatable bonds is 48. The Morgan fingerprint density at radius 2 is 0.740 bits per heavy atom. The van der Waals surface area contributed by atoms with Gasteiger partial charge in [0.25, 0.3) is 0 Å². The molecule has 0 rings (SSSR count). The van der Waals surface area contributed by atoms with Crippen LogP contribution in [0.5, 0.6) is 0 Å². The zero-order chi connectivity index (χ0) is 53.1. The van der Waals surface area contributed by atoms with Gasteiger partial charge in [-0.15, -0.1) is 0 Å². The number of allylic oxidation sites excluding steroid dienone is 30. The first kappa shape index (κ1) is 68.1. The molecule has 0 saturated carbocycles. The summed E-state index contributed by atoms with van der Waals surface area (Å²) in [5.41, 5.74) is 5.35. The Morgan fingerprint density at radius 3 is 1.11 bits per heavy atom. The van der Waals surface area contributed by atoms with Crippen LogP contribution in [0, 0.1) is 0 Å². The minimum atomic E-state index is -4.42. The molecule has 0 radical (unpaired) electrons. The topological polar surface area (TPSA) is 134 Å². The zero-order valence-electron chi connectivity index (χ0n) is 45.0. The molecule has 406 valence electrons. The third kappa shape index (κ3) is 56.3. The lowest BCUT2D eigenvalue weighted by atomic mass is 10.1. The summed E-state index contributed by atoms with van der Waals surface area (Å²) in [6, 6.07) is 0. The monoisotopic (exact) mass is 1030 g/mol. The first-order chi connectivity index (χ1) is 35.8. The van der Waals surface area contributed by atoms with Crippen molar-refractivity contribution in [3.05, 3.63) is 182 Å². The number of esters is 2. The summed E-state index contributed by atoms with van der Waals surface area (Å²) in [5, 5.41) is 0. The second-order valence-electron chi connectivity index (χ2n) is 17.0. The highest BCUT2D eigenvalue weighted by Crippen LogP contribution is 2.43. The van der Waals surface area contributed by atoms with E-state index in [4.69, 9.17) is 24.3 Å². The Balaban J connectivity index is 4.11. The molecule has 73 heavy (non-hydrogen) atoms. The van der Waals surface area contributed by atoms with E-state index >= 15 is 0 Å². The fraction of sp³-hybridized carbons (Fsp3) is 0.492. The average molecular weight is 1030 g/mol. The predicted molar refractivity (Wildman–Crippen MR) is 311 cm³/mol.